The van der Waals surface area contributed by atoms with Crippen molar-refractivity contribution < 1.29 is 14.6 Å². The Balaban J connectivity index is 2.51. The molecule has 1 saturated heterocycles. The molecule has 1 heterocycles. The molecule has 0 aromatic rings. The van der Waals surface area contributed by atoms with Crippen LogP contribution in [0.3, 0.4) is 0 Å². The zero-order valence-electron chi connectivity index (χ0n) is 4.63. The van der Waals surface area contributed by atoms with Gasteiger partial charge in [0.15, 0.2) is 0 Å². The van der Waals surface area contributed by atoms with E-state index in [1.165, 1.54) is 0 Å². The van der Waals surface area contributed by atoms with Crippen molar-refractivity contribution in [2.75, 3.05) is 0 Å². The number of hydrogen-bond donors (Lipinski definition) is 1. The second kappa shape index (κ2) is 1.74. The van der Waals surface area contributed by atoms with Crippen LogP contribution in [0.2, 0.25) is 0 Å². The number of carbonyl (C=O) groups is 1. The number of esters is 1. The van der Waals surface area contributed by atoms with Crippen LogP contribution in [-0.4, -0.2) is 23.3 Å². The number of aliphatic hydroxyl groups is 1. The fourth-order valence-electron chi connectivity index (χ4n) is 0.671. The molecule has 0 aromatic carbocycles. The maximum Gasteiger partial charge on any atom is 0.308 e. The van der Waals surface area contributed by atoms with Gasteiger partial charge in [0.1, 0.15) is 12.2 Å². The summed E-state index contributed by atoms with van der Waals surface area (Å²) in [5.74, 6) is -0.301. The molecule has 0 saturated carbocycles. The van der Waals surface area contributed by atoms with E-state index in [2.05, 4.69) is 4.74 Å². The van der Waals surface area contributed by atoms with Crippen LogP contribution in [0.5, 0.6) is 0 Å². The molecule has 0 amide bonds. The second-order valence-electron chi connectivity index (χ2n) is 1.97. The molecule has 3 nitrogen and oxygen atoms in total. The summed E-state index contributed by atoms with van der Waals surface area (Å²) in [4.78, 5) is 10.3. The Hall–Kier alpha value is -0.570. The predicted octanol–water partition coefficient (Wildman–Crippen LogP) is -0.317. The molecule has 1 rings (SSSR count). The average Bonchev–Trinajstić information content (AvgIpc) is 1.85. The summed E-state index contributed by atoms with van der Waals surface area (Å²) in [6.45, 7) is 1.68. The van der Waals surface area contributed by atoms with Gasteiger partial charge in [-0.25, -0.2) is 0 Å². The Morgan fingerprint density at radius 3 is 2.62 bits per heavy atom. The van der Waals surface area contributed by atoms with E-state index in [9.17, 15) is 4.79 Å². The van der Waals surface area contributed by atoms with Crippen LogP contribution in [0.4, 0.5) is 0 Å². The van der Waals surface area contributed by atoms with E-state index in [4.69, 9.17) is 5.11 Å². The minimum Gasteiger partial charge on any atom is -0.460 e. The molecule has 0 aliphatic carbocycles. The molecule has 8 heavy (non-hydrogen) atoms. The molecule has 3 heteroatoms. The normalized spacial score (nSPS) is 37.5. The molecule has 46 valence electrons. The quantitative estimate of drug-likeness (QED) is 0.441. The molecule has 0 spiro atoms. The highest BCUT2D eigenvalue weighted by Crippen LogP contribution is 2.12. The fourth-order valence-corrected chi connectivity index (χ4v) is 0.671. The Morgan fingerprint density at radius 1 is 1.88 bits per heavy atom. The highest BCUT2D eigenvalue weighted by molar-refractivity contribution is 5.72. The zero-order chi connectivity index (χ0) is 6.15. The summed E-state index contributed by atoms with van der Waals surface area (Å²) in [7, 11) is 0. The van der Waals surface area contributed by atoms with E-state index in [0.717, 1.165) is 0 Å². The van der Waals surface area contributed by atoms with Gasteiger partial charge in [0.25, 0.3) is 0 Å². The number of ether oxygens (including phenoxy) is 1. The molecule has 0 unspecified atom stereocenters. The number of rotatable bonds is 0. The first-order valence-corrected chi connectivity index (χ1v) is 2.57. The smallest absolute Gasteiger partial charge is 0.308 e. The summed E-state index contributed by atoms with van der Waals surface area (Å²) >= 11 is 0. The van der Waals surface area contributed by atoms with Gasteiger partial charge < -0.3 is 9.84 Å². The van der Waals surface area contributed by atoms with E-state index in [0.29, 0.717) is 0 Å². The van der Waals surface area contributed by atoms with Crippen LogP contribution in [0, 0.1) is 0 Å². The van der Waals surface area contributed by atoms with E-state index in [-0.39, 0.29) is 18.5 Å². The van der Waals surface area contributed by atoms with Gasteiger partial charge in [-0.2, -0.15) is 0 Å². The van der Waals surface area contributed by atoms with Gasteiger partial charge in [-0.1, -0.05) is 0 Å². The maximum atomic E-state index is 10.3. The van der Waals surface area contributed by atoms with Gasteiger partial charge >= 0.3 is 5.97 Å². The third-order valence-corrected chi connectivity index (χ3v) is 1.23. The minimum absolute atomic E-state index is 0.154. The van der Waals surface area contributed by atoms with E-state index in [1.54, 1.807) is 6.92 Å². The lowest BCUT2D eigenvalue weighted by Gasteiger charge is -2.02. The third-order valence-electron chi connectivity index (χ3n) is 1.23. The summed E-state index contributed by atoms with van der Waals surface area (Å²) < 4.78 is 4.58. The molecule has 1 fully saturated rings. The standard InChI is InChI=1S/C5H8O3/c1-3-4(6)2-5(7)8-3/h3-4,6H,2H2,1H3/t3-,4+/m1/s1. The van der Waals surface area contributed by atoms with Gasteiger partial charge in [-0.3, -0.25) is 4.79 Å². The summed E-state index contributed by atoms with van der Waals surface area (Å²) in [5, 5.41) is 8.82. The Labute approximate surface area is 47.3 Å². The molecule has 0 radical (unpaired) electrons. The molecule has 1 aliphatic rings. The van der Waals surface area contributed by atoms with E-state index >= 15 is 0 Å². The highest BCUT2D eigenvalue weighted by atomic mass is 16.6. The van der Waals surface area contributed by atoms with Crippen LogP contribution in [0.1, 0.15) is 13.3 Å². The molecule has 0 aromatic heterocycles. The molecule has 2 atom stereocenters. The Morgan fingerprint density at radius 2 is 2.50 bits per heavy atom. The van der Waals surface area contributed by atoms with Crippen molar-refractivity contribution in [3.8, 4) is 0 Å². The largest absolute Gasteiger partial charge is 0.460 e. The highest BCUT2D eigenvalue weighted by Gasteiger charge is 2.28. The summed E-state index contributed by atoms with van der Waals surface area (Å²) in [5.41, 5.74) is 0. The van der Waals surface area contributed by atoms with Gasteiger partial charge in [0.2, 0.25) is 0 Å². The zero-order valence-corrected chi connectivity index (χ0v) is 4.63. The molecule has 0 bridgehead atoms. The molecular weight excluding hydrogens is 108 g/mol. The SMILES string of the molecule is C[C@H]1OC(=O)C[C@@H]1O. The molecular formula is C5H8O3. The Kier molecular flexibility index (Phi) is 1.21. The van der Waals surface area contributed by atoms with Gasteiger partial charge in [0, 0.05) is 0 Å². The third kappa shape index (κ3) is 0.816. The topological polar surface area (TPSA) is 46.5 Å². The lowest BCUT2D eigenvalue weighted by Crippen LogP contribution is -2.15. The van der Waals surface area contributed by atoms with Crippen molar-refractivity contribution in [1.82, 2.24) is 0 Å². The first-order valence-electron chi connectivity index (χ1n) is 2.57. The Bertz CT molecular complexity index is 98.2. The number of carbonyl (C=O) groups excluding carboxylic acids is 1. The first kappa shape index (κ1) is 5.56. The van der Waals surface area contributed by atoms with Crippen molar-refractivity contribution in [2.24, 2.45) is 0 Å². The van der Waals surface area contributed by atoms with Crippen molar-refractivity contribution in [1.29, 1.82) is 0 Å². The number of aliphatic hydroxyl groups excluding tert-OH is 1. The second-order valence-corrected chi connectivity index (χ2v) is 1.97. The van der Waals surface area contributed by atoms with Gasteiger partial charge in [-0.05, 0) is 6.92 Å². The van der Waals surface area contributed by atoms with Crippen LogP contribution in [0.25, 0.3) is 0 Å². The molecule has 1 N–H and O–H groups in total. The first-order chi connectivity index (χ1) is 3.70. The van der Waals surface area contributed by atoms with Crippen molar-refractivity contribution >= 4 is 5.97 Å². The number of hydrogen-bond acceptors (Lipinski definition) is 3. The van der Waals surface area contributed by atoms with Crippen LogP contribution in [-0.2, 0) is 9.53 Å². The van der Waals surface area contributed by atoms with Crippen molar-refractivity contribution in [3.05, 3.63) is 0 Å². The summed E-state index contributed by atoms with van der Waals surface area (Å²) in [6.07, 6.45) is -0.730. The fraction of sp³-hybridized carbons (Fsp3) is 0.800. The van der Waals surface area contributed by atoms with Crippen LogP contribution < -0.4 is 0 Å². The number of cyclic esters (lactones) is 1. The van der Waals surface area contributed by atoms with Gasteiger partial charge in [-0.15, -0.1) is 0 Å². The van der Waals surface area contributed by atoms with Crippen molar-refractivity contribution in [2.45, 2.75) is 25.6 Å². The lowest BCUT2D eigenvalue weighted by molar-refractivity contribution is -0.141. The monoisotopic (exact) mass is 116 g/mol. The van der Waals surface area contributed by atoms with Crippen LogP contribution in [0.15, 0.2) is 0 Å². The van der Waals surface area contributed by atoms with E-state index in [1.807, 2.05) is 0 Å². The molecule has 1 aliphatic heterocycles. The minimum atomic E-state index is -0.581. The van der Waals surface area contributed by atoms with Crippen molar-refractivity contribution in [3.63, 3.8) is 0 Å². The van der Waals surface area contributed by atoms with Gasteiger partial charge in [0.05, 0.1) is 6.42 Å². The average molecular weight is 116 g/mol. The van der Waals surface area contributed by atoms with Crippen LogP contribution >= 0.6 is 0 Å². The van der Waals surface area contributed by atoms with E-state index < -0.39 is 6.10 Å². The maximum absolute atomic E-state index is 10.3. The lowest BCUT2D eigenvalue weighted by atomic mass is 10.2. The summed E-state index contributed by atoms with van der Waals surface area (Å²) in [6, 6.07) is 0. The predicted molar refractivity (Wildman–Crippen MR) is 26.2 cm³/mol.